The van der Waals surface area contributed by atoms with Gasteiger partial charge in [0.25, 0.3) is 0 Å². The van der Waals surface area contributed by atoms with Crippen molar-refractivity contribution in [3.8, 4) is 44.5 Å². The van der Waals surface area contributed by atoms with Gasteiger partial charge in [0.2, 0.25) is 0 Å². The number of hydrogen-bond donors (Lipinski definition) is 0. The lowest BCUT2D eigenvalue weighted by atomic mass is 9.83. The molecule has 0 aliphatic carbocycles. The molecule has 1 aromatic heterocycles. The van der Waals surface area contributed by atoms with Crippen molar-refractivity contribution < 1.29 is 9.90 Å². The smallest absolute Gasteiger partial charge is 0.135 e. The van der Waals surface area contributed by atoms with E-state index in [2.05, 4.69) is 103 Å². The Kier molecular flexibility index (Phi) is 5.38. The van der Waals surface area contributed by atoms with Gasteiger partial charge < -0.3 is 4.42 Å². The fourth-order valence-corrected chi connectivity index (χ4v) is 7.51. The van der Waals surface area contributed by atoms with Crippen LogP contribution < -0.4 is 0 Å². The Morgan fingerprint density at radius 1 is 0.347 bits per heavy atom. The summed E-state index contributed by atoms with van der Waals surface area (Å²) >= 11 is 0. The van der Waals surface area contributed by atoms with Crippen LogP contribution in [0.5, 0.6) is 0 Å². The van der Waals surface area contributed by atoms with E-state index in [1.165, 1.54) is 10.8 Å². The lowest BCUT2D eigenvalue weighted by Gasteiger charge is -2.19. The molecule has 228 valence electrons. The Balaban J connectivity index is 1.24. The molecule has 0 saturated carbocycles. The van der Waals surface area contributed by atoms with Crippen molar-refractivity contribution in [2.24, 2.45) is 0 Å². The van der Waals surface area contributed by atoms with Gasteiger partial charge in [-0.25, -0.2) is 0 Å². The van der Waals surface area contributed by atoms with Gasteiger partial charge in [0.05, 0.1) is 5.48 Å². The highest BCUT2D eigenvalue weighted by Crippen LogP contribution is 2.47. The summed E-state index contributed by atoms with van der Waals surface area (Å²) in [5.74, 6) is 0. The van der Waals surface area contributed by atoms with E-state index >= 15 is 0 Å². The summed E-state index contributed by atoms with van der Waals surface area (Å²) in [6, 6.07) is 53.2. The fourth-order valence-electron chi connectivity index (χ4n) is 7.51. The second-order valence-corrected chi connectivity index (χ2v) is 12.5. The molecule has 1 heteroatoms. The second kappa shape index (κ2) is 11.1. The Bertz CT molecular complexity index is 3050. The molecular formula is C48H30O. The van der Waals surface area contributed by atoms with Crippen molar-refractivity contribution in [3.63, 3.8) is 0 Å². The molecule has 0 atom stereocenters. The van der Waals surface area contributed by atoms with Gasteiger partial charge in [0.1, 0.15) is 11.2 Å². The molecule has 0 unspecified atom stereocenters. The maximum absolute atomic E-state index is 9.30. The Labute approximate surface area is 289 Å². The quantitative estimate of drug-likeness (QED) is 0.177. The highest BCUT2D eigenvalue weighted by Gasteiger charge is 2.19. The molecule has 0 N–H and O–H groups in total. The summed E-state index contributed by atoms with van der Waals surface area (Å²) in [7, 11) is 0. The van der Waals surface area contributed by atoms with E-state index in [1.54, 1.807) is 0 Å². The summed E-state index contributed by atoms with van der Waals surface area (Å²) in [5, 5.41) is 8.32. The van der Waals surface area contributed by atoms with Crippen LogP contribution in [0.15, 0.2) is 186 Å². The first-order valence-corrected chi connectivity index (χ1v) is 16.5. The zero-order valence-corrected chi connectivity index (χ0v) is 26.4. The van der Waals surface area contributed by atoms with Gasteiger partial charge in [-0.3, -0.25) is 0 Å². The van der Waals surface area contributed by atoms with Gasteiger partial charge in [0, 0.05) is 10.8 Å². The van der Waals surface area contributed by atoms with Gasteiger partial charge >= 0.3 is 0 Å². The molecule has 10 rings (SSSR count). The van der Waals surface area contributed by atoms with E-state index < -0.39 is 0 Å². The minimum absolute atomic E-state index is 0.0511. The van der Waals surface area contributed by atoms with Crippen LogP contribution in [0.2, 0.25) is 0 Å². The lowest BCUT2D eigenvalue weighted by molar-refractivity contribution is 0.669. The zero-order valence-electron chi connectivity index (χ0n) is 30.4. The summed E-state index contributed by atoms with van der Waals surface area (Å²) in [6.45, 7) is 0. The number of rotatable bonds is 4. The van der Waals surface area contributed by atoms with Crippen LogP contribution in [0.3, 0.4) is 0 Å². The Hall–Kier alpha value is -6.44. The van der Waals surface area contributed by atoms with Crippen LogP contribution in [-0.2, 0) is 0 Å². The Morgan fingerprint density at radius 3 is 1.55 bits per heavy atom. The average Bonchev–Trinajstić information content (AvgIpc) is 3.58. The van der Waals surface area contributed by atoms with Crippen LogP contribution in [-0.4, -0.2) is 0 Å². The van der Waals surface area contributed by atoms with Crippen molar-refractivity contribution in [3.05, 3.63) is 182 Å². The van der Waals surface area contributed by atoms with E-state index in [1.807, 2.05) is 54.6 Å². The molecule has 0 saturated heterocycles. The van der Waals surface area contributed by atoms with E-state index in [4.69, 9.17) is 8.53 Å². The monoisotopic (exact) mass is 626 g/mol. The molecule has 0 spiro atoms. The maximum atomic E-state index is 9.30. The lowest BCUT2D eigenvalue weighted by Crippen LogP contribution is -1.92. The minimum Gasteiger partial charge on any atom is -0.456 e. The molecule has 0 fully saturated rings. The van der Waals surface area contributed by atoms with E-state index in [9.17, 15) is 1.37 Å². The van der Waals surface area contributed by atoms with Gasteiger partial charge in [-0.1, -0.05) is 152 Å². The fraction of sp³-hybridized carbons (Fsp3) is 0. The molecule has 1 nitrogen and oxygen atoms in total. The summed E-state index contributed by atoms with van der Waals surface area (Å²) in [5.41, 5.74) is 8.54. The molecular weight excluding hydrogens is 593 g/mol. The number of hydrogen-bond acceptors (Lipinski definition) is 1. The van der Waals surface area contributed by atoms with Crippen molar-refractivity contribution in [1.29, 1.82) is 0 Å². The van der Waals surface area contributed by atoms with Gasteiger partial charge in [-0.05, 0) is 107 Å². The second-order valence-electron chi connectivity index (χ2n) is 12.5. The van der Waals surface area contributed by atoms with Gasteiger partial charge in [-0.2, -0.15) is 0 Å². The normalized spacial score (nSPS) is 12.8. The van der Waals surface area contributed by atoms with Crippen molar-refractivity contribution in [1.82, 2.24) is 0 Å². The van der Waals surface area contributed by atoms with Crippen LogP contribution >= 0.6 is 0 Å². The van der Waals surface area contributed by atoms with Crippen LogP contribution in [0.4, 0.5) is 0 Å². The molecule has 9 aromatic carbocycles. The van der Waals surface area contributed by atoms with Crippen LogP contribution in [0.25, 0.3) is 98.8 Å². The SMILES string of the molecule is [2H]c1c([2H])c([2H])c(-c2c3ccccc3c(-c3ccc4oc5ccc(-c6ccc7ccccc7c6)cc5c4c3)c3ccccc23)c(-c2ccccc2)c1[2H]. The predicted octanol–water partition coefficient (Wildman–Crippen LogP) is 13.7. The topological polar surface area (TPSA) is 13.1 Å². The first kappa shape index (κ1) is 23.8. The molecule has 10 aromatic rings. The number of furan rings is 1. The highest BCUT2D eigenvalue weighted by molar-refractivity contribution is 6.23. The first-order chi connectivity index (χ1) is 26.0. The summed E-state index contributed by atoms with van der Waals surface area (Å²) < 4.78 is 42.1. The molecule has 0 amide bonds. The highest BCUT2D eigenvalue weighted by atomic mass is 16.3. The van der Waals surface area contributed by atoms with E-state index in [0.29, 0.717) is 11.1 Å². The van der Waals surface area contributed by atoms with Crippen LogP contribution in [0.1, 0.15) is 5.48 Å². The number of fused-ring (bicyclic) bond motifs is 6. The van der Waals surface area contributed by atoms with E-state index in [-0.39, 0.29) is 24.2 Å². The third kappa shape index (κ3) is 4.47. The maximum Gasteiger partial charge on any atom is 0.135 e. The third-order valence-electron chi connectivity index (χ3n) is 9.77. The molecule has 1 heterocycles. The first-order valence-electron chi connectivity index (χ1n) is 18.5. The molecule has 0 aliphatic rings. The summed E-state index contributed by atoms with van der Waals surface area (Å²) in [4.78, 5) is 0. The van der Waals surface area contributed by atoms with Gasteiger partial charge in [-0.15, -0.1) is 0 Å². The van der Waals surface area contributed by atoms with Gasteiger partial charge in [0.15, 0.2) is 0 Å². The third-order valence-corrected chi connectivity index (χ3v) is 9.77. The van der Waals surface area contributed by atoms with Crippen molar-refractivity contribution >= 4 is 54.3 Å². The number of benzene rings is 9. The largest absolute Gasteiger partial charge is 0.456 e. The Morgan fingerprint density at radius 2 is 0.857 bits per heavy atom. The minimum atomic E-state index is -0.248. The molecule has 0 bridgehead atoms. The van der Waals surface area contributed by atoms with Crippen molar-refractivity contribution in [2.75, 3.05) is 0 Å². The standard InChI is InChI=1S/C48H30O/c1-2-13-32(14-3-1)37-16-6-7-17-38(37)48-41-20-10-8-18-39(41)47(40-19-9-11-21-42(40)48)36-25-27-46-44(30-36)43-29-35(24-26-45(43)49-46)34-23-22-31-12-4-5-15-33(31)28-34/h1-30H/i6D,7D,16D,17D. The van der Waals surface area contributed by atoms with Crippen molar-refractivity contribution in [2.45, 2.75) is 0 Å². The molecule has 0 aliphatic heterocycles. The predicted molar refractivity (Wildman–Crippen MR) is 208 cm³/mol. The average molecular weight is 627 g/mol. The molecule has 0 radical (unpaired) electrons. The molecule has 49 heavy (non-hydrogen) atoms. The zero-order chi connectivity index (χ0) is 35.8. The van der Waals surface area contributed by atoms with E-state index in [0.717, 1.165) is 76.9 Å². The summed E-state index contributed by atoms with van der Waals surface area (Å²) in [6.07, 6.45) is 0. The van der Waals surface area contributed by atoms with Crippen LogP contribution in [0, 0.1) is 0 Å².